The molecule has 1 unspecified atom stereocenters. The lowest BCUT2D eigenvalue weighted by Crippen LogP contribution is -2.37. The van der Waals surface area contributed by atoms with Crippen LogP contribution in [0.1, 0.15) is 52.4 Å². The van der Waals surface area contributed by atoms with Crippen LogP contribution >= 0.6 is 0 Å². The van der Waals surface area contributed by atoms with Crippen molar-refractivity contribution in [3.8, 4) is 0 Å². The van der Waals surface area contributed by atoms with Gasteiger partial charge in [0, 0.05) is 12.6 Å². The van der Waals surface area contributed by atoms with Crippen molar-refractivity contribution < 1.29 is 0 Å². The highest BCUT2D eigenvalue weighted by atomic mass is 15.3. The molecule has 2 aliphatic rings. The Bertz CT molecular complexity index is 215. The first-order valence-electron chi connectivity index (χ1n) is 7.72. The third-order valence-corrected chi connectivity index (χ3v) is 4.39. The van der Waals surface area contributed by atoms with Gasteiger partial charge in [-0.15, -0.1) is 0 Å². The summed E-state index contributed by atoms with van der Waals surface area (Å²) >= 11 is 0. The third-order valence-electron chi connectivity index (χ3n) is 4.39. The van der Waals surface area contributed by atoms with E-state index in [9.17, 15) is 0 Å². The van der Waals surface area contributed by atoms with E-state index in [2.05, 4.69) is 23.6 Å². The monoisotopic (exact) mass is 238 g/mol. The van der Waals surface area contributed by atoms with Crippen molar-refractivity contribution in [3.05, 3.63) is 0 Å². The largest absolute Gasteiger partial charge is 0.302 e. The van der Waals surface area contributed by atoms with Gasteiger partial charge in [-0.3, -0.25) is 4.90 Å². The van der Waals surface area contributed by atoms with Gasteiger partial charge in [0.25, 0.3) is 0 Å². The van der Waals surface area contributed by atoms with Crippen molar-refractivity contribution in [2.24, 2.45) is 5.92 Å². The van der Waals surface area contributed by atoms with Gasteiger partial charge in [-0.2, -0.15) is 0 Å². The third kappa shape index (κ3) is 4.26. The van der Waals surface area contributed by atoms with Crippen LogP contribution in [0.5, 0.6) is 0 Å². The molecule has 2 heterocycles. The molecule has 0 aromatic heterocycles. The summed E-state index contributed by atoms with van der Waals surface area (Å²) in [6, 6.07) is 0.891. The molecule has 1 atom stereocenters. The minimum Gasteiger partial charge on any atom is -0.302 e. The Morgan fingerprint density at radius 1 is 1.06 bits per heavy atom. The van der Waals surface area contributed by atoms with Gasteiger partial charge >= 0.3 is 0 Å². The molecule has 2 fully saturated rings. The Kier molecular flexibility index (Phi) is 5.30. The maximum atomic E-state index is 2.73. The van der Waals surface area contributed by atoms with Gasteiger partial charge in [-0.25, -0.2) is 0 Å². The molecule has 0 aromatic rings. The SMILES string of the molecule is CC(C)CCCCN1CCCN2CCCC2C1. The highest BCUT2D eigenvalue weighted by Crippen LogP contribution is 2.21. The molecular formula is C15H30N2. The van der Waals surface area contributed by atoms with Gasteiger partial charge < -0.3 is 4.90 Å². The topological polar surface area (TPSA) is 6.48 Å². The van der Waals surface area contributed by atoms with E-state index in [4.69, 9.17) is 0 Å². The van der Waals surface area contributed by atoms with Crippen molar-refractivity contribution in [2.75, 3.05) is 32.7 Å². The zero-order valence-corrected chi connectivity index (χ0v) is 11.8. The highest BCUT2D eigenvalue weighted by Gasteiger charge is 2.28. The second kappa shape index (κ2) is 6.75. The van der Waals surface area contributed by atoms with Crippen LogP contribution in [-0.4, -0.2) is 48.6 Å². The maximum absolute atomic E-state index is 2.73. The summed E-state index contributed by atoms with van der Waals surface area (Å²) in [5.41, 5.74) is 0. The van der Waals surface area contributed by atoms with E-state index in [0.29, 0.717) is 0 Å². The molecule has 2 aliphatic heterocycles. The molecule has 100 valence electrons. The van der Waals surface area contributed by atoms with E-state index in [1.54, 1.807) is 0 Å². The maximum Gasteiger partial charge on any atom is 0.0223 e. The van der Waals surface area contributed by atoms with Crippen LogP contribution < -0.4 is 0 Å². The normalized spacial score (nSPS) is 27.4. The molecule has 17 heavy (non-hydrogen) atoms. The number of rotatable bonds is 5. The number of hydrogen-bond acceptors (Lipinski definition) is 2. The van der Waals surface area contributed by atoms with Crippen LogP contribution in [0.4, 0.5) is 0 Å². The lowest BCUT2D eigenvalue weighted by atomic mass is 10.1. The Morgan fingerprint density at radius 3 is 2.71 bits per heavy atom. The zero-order valence-electron chi connectivity index (χ0n) is 11.8. The summed E-state index contributed by atoms with van der Waals surface area (Å²) in [6.07, 6.45) is 8.51. The van der Waals surface area contributed by atoms with Crippen molar-refractivity contribution in [3.63, 3.8) is 0 Å². The molecule has 0 saturated carbocycles. The van der Waals surface area contributed by atoms with Crippen molar-refractivity contribution in [1.82, 2.24) is 9.80 Å². The van der Waals surface area contributed by atoms with Crippen LogP contribution in [0.15, 0.2) is 0 Å². The Hall–Kier alpha value is -0.0800. The summed E-state index contributed by atoms with van der Waals surface area (Å²) in [5.74, 6) is 0.879. The first kappa shape index (κ1) is 13.4. The molecule has 0 radical (unpaired) electrons. The predicted octanol–water partition coefficient (Wildman–Crippen LogP) is 2.98. The second-order valence-electron chi connectivity index (χ2n) is 6.38. The van der Waals surface area contributed by atoms with Gasteiger partial charge in [0.1, 0.15) is 0 Å². The summed E-state index contributed by atoms with van der Waals surface area (Å²) in [5, 5.41) is 0. The van der Waals surface area contributed by atoms with Crippen LogP contribution in [0, 0.1) is 5.92 Å². The molecule has 0 N–H and O–H groups in total. The first-order chi connectivity index (χ1) is 8.25. The molecule has 0 spiro atoms. The van der Waals surface area contributed by atoms with Crippen molar-refractivity contribution >= 4 is 0 Å². The average Bonchev–Trinajstić information content (AvgIpc) is 2.63. The molecule has 0 bridgehead atoms. The van der Waals surface area contributed by atoms with Crippen LogP contribution in [0.3, 0.4) is 0 Å². The summed E-state index contributed by atoms with van der Waals surface area (Å²) < 4.78 is 0. The molecule has 2 nitrogen and oxygen atoms in total. The van der Waals surface area contributed by atoms with E-state index in [1.165, 1.54) is 71.2 Å². The smallest absolute Gasteiger partial charge is 0.0223 e. The Labute approximate surface area is 107 Å². The number of hydrogen-bond donors (Lipinski definition) is 0. The molecular weight excluding hydrogens is 208 g/mol. The fourth-order valence-electron chi connectivity index (χ4n) is 3.37. The molecule has 0 aromatic carbocycles. The van der Waals surface area contributed by atoms with E-state index in [-0.39, 0.29) is 0 Å². The average molecular weight is 238 g/mol. The fraction of sp³-hybridized carbons (Fsp3) is 1.00. The second-order valence-corrected chi connectivity index (χ2v) is 6.38. The number of fused-ring (bicyclic) bond motifs is 1. The van der Waals surface area contributed by atoms with E-state index < -0.39 is 0 Å². The van der Waals surface area contributed by atoms with Crippen molar-refractivity contribution in [1.29, 1.82) is 0 Å². The number of nitrogens with zero attached hydrogens (tertiary/aromatic N) is 2. The summed E-state index contributed by atoms with van der Waals surface area (Å²) in [4.78, 5) is 5.46. The van der Waals surface area contributed by atoms with E-state index >= 15 is 0 Å². The molecule has 2 heteroatoms. The van der Waals surface area contributed by atoms with Gasteiger partial charge in [0.2, 0.25) is 0 Å². The predicted molar refractivity (Wildman–Crippen MR) is 74.3 cm³/mol. The summed E-state index contributed by atoms with van der Waals surface area (Å²) in [6.45, 7) is 11.4. The zero-order chi connectivity index (χ0) is 12.1. The molecule has 2 rings (SSSR count). The van der Waals surface area contributed by atoms with Gasteiger partial charge in [-0.1, -0.05) is 26.7 Å². The molecule has 0 aliphatic carbocycles. The minimum atomic E-state index is 0.879. The van der Waals surface area contributed by atoms with Crippen LogP contribution in [0.2, 0.25) is 0 Å². The van der Waals surface area contributed by atoms with Crippen LogP contribution in [0.25, 0.3) is 0 Å². The Balaban J connectivity index is 1.66. The van der Waals surface area contributed by atoms with E-state index in [1.807, 2.05) is 0 Å². The molecule has 0 amide bonds. The van der Waals surface area contributed by atoms with Gasteiger partial charge in [0.05, 0.1) is 0 Å². The number of unbranched alkanes of at least 4 members (excludes halogenated alkanes) is 1. The Morgan fingerprint density at radius 2 is 1.88 bits per heavy atom. The first-order valence-corrected chi connectivity index (χ1v) is 7.72. The van der Waals surface area contributed by atoms with Gasteiger partial charge in [0.15, 0.2) is 0 Å². The highest BCUT2D eigenvalue weighted by molar-refractivity contribution is 4.84. The quantitative estimate of drug-likeness (QED) is 0.679. The standard InChI is InChI=1S/C15H30N2/c1-14(2)7-3-4-9-16-10-6-12-17-11-5-8-15(17)13-16/h14-15H,3-13H2,1-2H3. The summed E-state index contributed by atoms with van der Waals surface area (Å²) in [7, 11) is 0. The lowest BCUT2D eigenvalue weighted by molar-refractivity contribution is 0.217. The minimum absolute atomic E-state index is 0.879. The molecule has 2 saturated heterocycles. The lowest BCUT2D eigenvalue weighted by Gasteiger charge is -2.25. The van der Waals surface area contributed by atoms with Crippen molar-refractivity contribution in [2.45, 2.75) is 58.4 Å². The fourth-order valence-corrected chi connectivity index (χ4v) is 3.37. The van der Waals surface area contributed by atoms with Crippen LogP contribution in [-0.2, 0) is 0 Å². The van der Waals surface area contributed by atoms with Gasteiger partial charge in [-0.05, 0) is 57.8 Å². The van der Waals surface area contributed by atoms with E-state index in [0.717, 1.165) is 12.0 Å².